The van der Waals surface area contributed by atoms with Gasteiger partial charge in [0.1, 0.15) is 16.4 Å². The summed E-state index contributed by atoms with van der Waals surface area (Å²) in [6.45, 7) is 4.13. The largest absolute Gasteiger partial charge is 0.433 e. The van der Waals surface area contributed by atoms with Crippen LogP contribution in [0.15, 0.2) is 51.5 Å². The number of nitrogens with zero attached hydrogens (tertiary/aromatic N) is 4. The van der Waals surface area contributed by atoms with Gasteiger partial charge in [0, 0.05) is 6.08 Å². The fourth-order valence-electron chi connectivity index (χ4n) is 4.38. The van der Waals surface area contributed by atoms with Crippen molar-refractivity contribution >= 4 is 35.2 Å². The van der Waals surface area contributed by atoms with Crippen LogP contribution in [-0.2, 0) is 4.79 Å². The number of benzene rings is 1. The Labute approximate surface area is 173 Å². The molecule has 0 bridgehead atoms. The van der Waals surface area contributed by atoms with E-state index in [0.717, 1.165) is 24.5 Å². The second-order valence-electron chi connectivity index (χ2n) is 7.72. The molecule has 5 rings (SSSR count). The molecule has 3 aliphatic heterocycles. The third kappa shape index (κ3) is 3.17. The number of carbonyl (C=O) groups excluding carboxylic acids is 1. The second kappa shape index (κ2) is 7.42. The van der Waals surface area contributed by atoms with Crippen molar-refractivity contribution in [2.75, 3.05) is 36.0 Å². The number of quaternary nitrogens is 1. The number of hydrogen-bond donors (Lipinski definition) is 1. The standard InChI is InChI=1S/C21H21N5O4/c27-20-18(14-15-8-9-19(30-15)26(28)29)25-17-7-3-2-6-16(17)24(21(25)22-20)13-12-23-10-4-1-5-11-23/h2-3,6-9,14H,1,4-5,10-13H2/p+1/b18-14-. The van der Waals surface area contributed by atoms with Crippen molar-refractivity contribution in [3.8, 4) is 0 Å². The van der Waals surface area contributed by atoms with E-state index in [4.69, 9.17) is 4.42 Å². The number of furan rings is 1. The minimum Gasteiger partial charge on any atom is -0.401 e. The molecule has 3 aliphatic rings. The van der Waals surface area contributed by atoms with Gasteiger partial charge in [0.25, 0.3) is 5.91 Å². The molecule has 1 aromatic carbocycles. The Balaban J connectivity index is 1.45. The van der Waals surface area contributed by atoms with Crippen LogP contribution >= 0.6 is 0 Å². The van der Waals surface area contributed by atoms with Crippen molar-refractivity contribution in [2.24, 2.45) is 4.99 Å². The van der Waals surface area contributed by atoms with E-state index in [1.807, 2.05) is 29.2 Å². The Kier molecular flexibility index (Phi) is 4.59. The quantitative estimate of drug-likeness (QED) is 0.461. The van der Waals surface area contributed by atoms with Crippen molar-refractivity contribution in [2.45, 2.75) is 19.3 Å². The average Bonchev–Trinajstić information content (AvgIpc) is 3.42. The number of piperidine rings is 1. The Hall–Kier alpha value is -3.46. The Bertz CT molecular complexity index is 1070. The Morgan fingerprint density at radius 3 is 2.63 bits per heavy atom. The maximum atomic E-state index is 12.7. The van der Waals surface area contributed by atoms with Crippen LogP contribution in [-0.4, -0.2) is 43.0 Å². The molecule has 4 heterocycles. The number of hydrogen-bond acceptors (Lipinski definition) is 6. The van der Waals surface area contributed by atoms with Gasteiger partial charge in [-0.05, 0) is 37.5 Å². The number of anilines is 2. The summed E-state index contributed by atoms with van der Waals surface area (Å²) in [6.07, 6.45) is 5.35. The third-order valence-corrected chi connectivity index (χ3v) is 5.84. The van der Waals surface area contributed by atoms with Gasteiger partial charge in [0.2, 0.25) is 5.96 Å². The van der Waals surface area contributed by atoms with E-state index in [9.17, 15) is 14.9 Å². The van der Waals surface area contributed by atoms with E-state index in [1.165, 1.54) is 50.6 Å². The van der Waals surface area contributed by atoms with Crippen molar-refractivity contribution in [1.29, 1.82) is 0 Å². The van der Waals surface area contributed by atoms with Crippen LogP contribution in [0, 0.1) is 10.1 Å². The molecule has 1 aromatic heterocycles. The predicted molar refractivity (Wildman–Crippen MR) is 111 cm³/mol. The van der Waals surface area contributed by atoms with E-state index in [-0.39, 0.29) is 17.6 Å². The molecule has 1 amide bonds. The smallest absolute Gasteiger partial charge is 0.401 e. The van der Waals surface area contributed by atoms with Crippen LogP contribution in [0.1, 0.15) is 25.0 Å². The fraction of sp³-hybridized carbons (Fsp3) is 0.333. The lowest BCUT2D eigenvalue weighted by Crippen LogP contribution is -3.13. The summed E-state index contributed by atoms with van der Waals surface area (Å²) in [7, 11) is 0. The predicted octanol–water partition coefficient (Wildman–Crippen LogP) is 1.82. The number of carbonyl (C=O) groups is 1. The molecule has 0 aliphatic carbocycles. The molecule has 9 nitrogen and oxygen atoms in total. The molecular formula is C21H22N5O4+. The number of guanidine groups is 1. The number of nitro groups is 1. The topological polar surface area (TPSA) is 96.6 Å². The molecule has 0 spiro atoms. The molecule has 9 heteroatoms. The van der Waals surface area contributed by atoms with Crippen molar-refractivity contribution in [3.63, 3.8) is 0 Å². The highest BCUT2D eigenvalue weighted by Crippen LogP contribution is 2.42. The van der Waals surface area contributed by atoms with Gasteiger partial charge in [-0.3, -0.25) is 19.8 Å². The molecule has 154 valence electrons. The molecule has 0 unspecified atom stereocenters. The summed E-state index contributed by atoms with van der Waals surface area (Å²) in [4.78, 5) is 32.8. The Morgan fingerprint density at radius 1 is 1.13 bits per heavy atom. The van der Waals surface area contributed by atoms with E-state index in [1.54, 1.807) is 4.90 Å². The van der Waals surface area contributed by atoms with Gasteiger partial charge in [0.15, 0.2) is 0 Å². The SMILES string of the molecule is O=C1N=C2N(CC[NH+]3CCCCC3)c3ccccc3N2/C1=C\c1ccc([N+](=O)[O-])o1. The minimum absolute atomic E-state index is 0.246. The Morgan fingerprint density at radius 2 is 1.90 bits per heavy atom. The molecular weight excluding hydrogens is 386 g/mol. The van der Waals surface area contributed by atoms with E-state index in [2.05, 4.69) is 9.89 Å². The van der Waals surface area contributed by atoms with Gasteiger partial charge in [-0.1, -0.05) is 12.1 Å². The number of aliphatic imine (C=N–C) groups is 1. The molecule has 1 saturated heterocycles. The van der Waals surface area contributed by atoms with Crippen LogP contribution in [0.5, 0.6) is 0 Å². The molecule has 1 fully saturated rings. The molecule has 2 aromatic rings. The third-order valence-electron chi connectivity index (χ3n) is 5.84. The van der Waals surface area contributed by atoms with Gasteiger partial charge >= 0.3 is 5.88 Å². The summed E-state index contributed by atoms with van der Waals surface area (Å²) in [5.41, 5.74) is 2.22. The maximum Gasteiger partial charge on any atom is 0.433 e. The van der Waals surface area contributed by atoms with E-state index < -0.39 is 4.92 Å². The van der Waals surface area contributed by atoms with Crippen molar-refractivity contribution < 1.29 is 19.0 Å². The molecule has 0 radical (unpaired) electrons. The first-order chi connectivity index (χ1) is 14.6. The number of likely N-dealkylation sites (tertiary alicyclic amines) is 1. The number of para-hydroxylation sites is 2. The van der Waals surface area contributed by atoms with E-state index in [0.29, 0.717) is 11.7 Å². The molecule has 0 atom stereocenters. The lowest BCUT2D eigenvalue weighted by atomic mass is 10.1. The van der Waals surface area contributed by atoms with Crippen LogP contribution < -0.4 is 14.7 Å². The van der Waals surface area contributed by atoms with Gasteiger partial charge in [0.05, 0.1) is 43.6 Å². The van der Waals surface area contributed by atoms with Crippen LogP contribution in [0.25, 0.3) is 6.08 Å². The highest BCUT2D eigenvalue weighted by atomic mass is 16.6. The zero-order valence-corrected chi connectivity index (χ0v) is 16.4. The van der Waals surface area contributed by atoms with Crippen LogP contribution in [0.2, 0.25) is 0 Å². The molecule has 0 saturated carbocycles. The van der Waals surface area contributed by atoms with Gasteiger partial charge < -0.3 is 14.2 Å². The number of nitrogens with one attached hydrogen (secondary N) is 1. The normalized spacial score (nSPS) is 19.9. The summed E-state index contributed by atoms with van der Waals surface area (Å²) in [6, 6.07) is 10.6. The minimum atomic E-state index is -0.601. The molecule has 30 heavy (non-hydrogen) atoms. The monoisotopic (exact) mass is 408 g/mol. The average molecular weight is 408 g/mol. The first-order valence-electron chi connectivity index (χ1n) is 10.2. The highest BCUT2D eigenvalue weighted by molar-refractivity contribution is 6.31. The highest BCUT2D eigenvalue weighted by Gasteiger charge is 2.42. The van der Waals surface area contributed by atoms with Crippen LogP contribution in [0.3, 0.4) is 0 Å². The second-order valence-corrected chi connectivity index (χ2v) is 7.72. The summed E-state index contributed by atoms with van der Waals surface area (Å²) >= 11 is 0. The lowest BCUT2D eigenvalue weighted by Gasteiger charge is -2.26. The zero-order chi connectivity index (χ0) is 20.7. The zero-order valence-electron chi connectivity index (χ0n) is 16.4. The van der Waals surface area contributed by atoms with E-state index >= 15 is 0 Å². The van der Waals surface area contributed by atoms with Gasteiger partial charge in [-0.25, -0.2) is 0 Å². The lowest BCUT2D eigenvalue weighted by molar-refractivity contribution is -0.903. The summed E-state index contributed by atoms with van der Waals surface area (Å²) in [5, 5.41) is 10.9. The van der Waals surface area contributed by atoms with Gasteiger partial charge in [-0.2, -0.15) is 4.99 Å². The summed E-state index contributed by atoms with van der Waals surface area (Å²) < 4.78 is 5.22. The number of fused-ring (bicyclic) bond motifs is 3. The molecule has 1 N–H and O–H groups in total. The first-order valence-corrected chi connectivity index (χ1v) is 10.2. The fourth-order valence-corrected chi connectivity index (χ4v) is 4.38. The summed E-state index contributed by atoms with van der Waals surface area (Å²) in [5.74, 6) is 0.0929. The first kappa shape index (κ1) is 18.6. The van der Waals surface area contributed by atoms with Crippen LogP contribution in [0.4, 0.5) is 17.3 Å². The maximum absolute atomic E-state index is 12.7. The number of amides is 1. The number of rotatable bonds is 5. The van der Waals surface area contributed by atoms with Crippen molar-refractivity contribution in [3.05, 3.63) is 58.0 Å². The van der Waals surface area contributed by atoms with Crippen molar-refractivity contribution in [1.82, 2.24) is 0 Å². The van der Waals surface area contributed by atoms with Gasteiger partial charge in [-0.15, -0.1) is 0 Å².